The molecule has 0 aromatic heterocycles. The molecule has 29 heavy (non-hydrogen) atoms. The number of hydrogen-bond acceptors (Lipinski definition) is 6. The largest absolute Gasteiger partial charge is 0.452 e. The third kappa shape index (κ3) is 5.04. The summed E-state index contributed by atoms with van der Waals surface area (Å²) in [5.74, 6) is -1.07. The molecule has 2 aliphatic rings. The predicted octanol–water partition coefficient (Wildman–Crippen LogP) is 1.64. The van der Waals surface area contributed by atoms with Crippen molar-refractivity contribution in [3.8, 4) is 0 Å². The molecule has 1 atom stereocenters. The molecule has 0 aliphatic carbocycles. The normalized spacial score (nSPS) is 17.3. The van der Waals surface area contributed by atoms with E-state index in [1.54, 1.807) is 18.2 Å². The molecule has 3 rings (SSSR count). The fourth-order valence-corrected chi connectivity index (χ4v) is 3.45. The Kier molecular flexibility index (Phi) is 6.36. The van der Waals surface area contributed by atoms with Crippen LogP contribution in [-0.2, 0) is 14.3 Å². The zero-order valence-corrected chi connectivity index (χ0v) is 16.6. The number of amides is 4. The molecule has 9 nitrogen and oxygen atoms in total. The highest BCUT2D eigenvalue weighted by Crippen LogP contribution is 2.37. The topological polar surface area (TPSA) is 117 Å². The van der Waals surface area contributed by atoms with E-state index in [9.17, 15) is 19.2 Å². The first kappa shape index (κ1) is 20.6. The third-order valence-electron chi connectivity index (χ3n) is 4.95. The lowest BCUT2D eigenvalue weighted by Crippen LogP contribution is -2.44. The summed E-state index contributed by atoms with van der Waals surface area (Å²) >= 11 is 0. The second-order valence-corrected chi connectivity index (χ2v) is 7.64. The van der Waals surface area contributed by atoms with E-state index in [0.717, 1.165) is 31.5 Å². The van der Waals surface area contributed by atoms with E-state index in [1.807, 2.05) is 18.7 Å². The lowest BCUT2D eigenvalue weighted by Gasteiger charge is -2.33. The SMILES string of the molecule is CC(C)CCNC(=O)NC(=O)COC(=O)c1ccc2c(c1)NC(=O)[C@H]1CCCN21. The van der Waals surface area contributed by atoms with Gasteiger partial charge in [-0.3, -0.25) is 14.9 Å². The average molecular weight is 402 g/mol. The van der Waals surface area contributed by atoms with E-state index in [4.69, 9.17) is 4.74 Å². The number of benzene rings is 1. The summed E-state index contributed by atoms with van der Waals surface area (Å²) in [6.07, 6.45) is 2.56. The molecule has 3 N–H and O–H groups in total. The maximum Gasteiger partial charge on any atom is 0.338 e. The smallest absolute Gasteiger partial charge is 0.338 e. The second kappa shape index (κ2) is 8.93. The first-order valence-corrected chi connectivity index (χ1v) is 9.81. The van der Waals surface area contributed by atoms with Gasteiger partial charge in [0.2, 0.25) is 5.91 Å². The van der Waals surface area contributed by atoms with Crippen molar-refractivity contribution in [1.82, 2.24) is 10.6 Å². The minimum atomic E-state index is -0.716. The van der Waals surface area contributed by atoms with Crippen molar-refractivity contribution >= 4 is 35.2 Å². The molecule has 0 saturated carbocycles. The molecular weight excluding hydrogens is 376 g/mol. The quantitative estimate of drug-likeness (QED) is 0.623. The number of nitrogens with one attached hydrogen (secondary N) is 3. The molecule has 1 aromatic rings. The fourth-order valence-electron chi connectivity index (χ4n) is 3.45. The molecule has 0 unspecified atom stereocenters. The number of esters is 1. The molecule has 0 spiro atoms. The van der Waals surface area contributed by atoms with Gasteiger partial charge in [-0.2, -0.15) is 0 Å². The van der Waals surface area contributed by atoms with Crippen LogP contribution in [-0.4, -0.2) is 49.6 Å². The van der Waals surface area contributed by atoms with Crippen LogP contribution in [0.3, 0.4) is 0 Å². The molecule has 156 valence electrons. The summed E-state index contributed by atoms with van der Waals surface area (Å²) in [6.45, 7) is 4.73. The van der Waals surface area contributed by atoms with E-state index in [1.165, 1.54) is 0 Å². The lowest BCUT2D eigenvalue weighted by atomic mass is 10.1. The van der Waals surface area contributed by atoms with E-state index in [0.29, 0.717) is 18.2 Å². The van der Waals surface area contributed by atoms with Gasteiger partial charge in [0.25, 0.3) is 5.91 Å². The van der Waals surface area contributed by atoms with E-state index in [-0.39, 0.29) is 17.5 Å². The Bertz CT molecular complexity index is 823. The maximum atomic E-state index is 12.2. The van der Waals surface area contributed by atoms with Crippen LogP contribution >= 0.6 is 0 Å². The molecule has 0 bridgehead atoms. The number of nitrogens with zero attached hydrogens (tertiary/aromatic N) is 1. The van der Waals surface area contributed by atoms with Gasteiger partial charge >= 0.3 is 12.0 Å². The van der Waals surface area contributed by atoms with Crippen molar-refractivity contribution in [2.24, 2.45) is 5.92 Å². The van der Waals surface area contributed by atoms with Gasteiger partial charge in [0, 0.05) is 13.1 Å². The Morgan fingerprint density at radius 1 is 1.31 bits per heavy atom. The molecule has 1 aromatic carbocycles. The Labute approximate surface area is 169 Å². The van der Waals surface area contributed by atoms with Crippen molar-refractivity contribution < 1.29 is 23.9 Å². The fraction of sp³-hybridized carbons (Fsp3) is 0.500. The Hall–Kier alpha value is -3.10. The van der Waals surface area contributed by atoms with E-state index in [2.05, 4.69) is 16.0 Å². The highest BCUT2D eigenvalue weighted by molar-refractivity contribution is 6.05. The number of ether oxygens (including phenoxy) is 1. The molecule has 1 saturated heterocycles. The standard InChI is InChI=1S/C20H26N4O5/c1-12(2)7-8-21-20(28)23-17(25)11-29-19(27)13-5-6-15-14(10-13)22-18(26)16-4-3-9-24(15)16/h5-6,10,12,16H,3-4,7-9,11H2,1-2H3,(H,22,26)(H2,21,23,25,28)/t16-/m1/s1. The van der Waals surface area contributed by atoms with Crippen LogP contribution in [0.15, 0.2) is 18.2 Å². The monoisotopic (exact) mass is 402 g/mol. The van der Waals surface area contributed by atoms with E-state index >= 15 is 0 Å². The van der Waals surface area contributed by atoms with Gasteiger partial charge in [-0.1, -0.05) is 13.8 Å². The van der Waals surface area contributed by atoms with Crippen molar-refractivity contribution in [3.05, 3.63) is 23.8 Å². The average Bonchev–Trinajstić information content (AvgIpc) is 3.16. The number of rotatable bonds is 6. The molecule has 1 fully saturated rings. The zero-order chi connectivity index (χ0) is 21.0. The molecule has 9 heteroatoms. The van der Waals surface area contributed by atoms with Crippen LogP contribution in [0.5, 0.6) is 0 Å². The molecule has 2 heterocycles. The number of urea groups is 1. The van der Waals surface area contributed by atoms with Gasteiger partial charge in [-0.15, -0.1) is 0 Å². The second-order valence-electron chi connectivity index (χ2n) is 7.64. The van der Waals surface area contributed by atoms with Crippen molar-refractivity contribution in [2.45, 2.75) is 39.2 Å². The number of fused-ring (bicyclic) bond motifs is 3. The summed E-state index contributed by atoms with van der Waals surface area (Å²) in [5.41, 5.74) is 1.65. The van der Waals surface area contributed by atoms with Crippen LogP contribution in [0, 0.1) is 5.92 Å². The Morgan fingerprint density at radius 3 is 2.86 bits per heavy atom. The molecule has 4 amide bonds. The highest BCUT2D eigenvalue weighted by Gasteiger charge is 2.36. The maximum absolute atomic E-state index is 12.2. The summed E-state index contributed by atoms with van der Waals surface area (Å²) in [6, 6.07) is 4.14. The number of imide groups is 1. The van der Waals surface area contributed by atoms with Crippen LogP contribution in [0.2, 0.25) is 0 Å². The lowest BCUT2D eigenvalue weighted by molar-refractivity contribution is -0.123. The van der Waals surface area contributed by atoms with Gasteiger partial charge in [0.05, 0.1) is 16.9 Å². The molecule has 2 aliphatic heterocycles. The van der Waals surface area contributed by atoms with Crippen molar-refractivity contribution in [2.75, 3.05) is 29.9 Å². The number of carbonyl (C=O) groups is 4. The molecule has 0 radical (unpaired) electrons. The van der Waals surface area contributed by atoms with Crippen LogP contribution in [0.1, 0.15) is 43.5 Å². The summed E-state index contributed by atoms with van der Waals surface area (Å²) < 4.78 is 4.98. The van der Waals surface area contributed by atoms with Gasteiger partial charge in [0.1, 0.15) is 6.04 Å². The first-order valence-electron chi connectivity index (χ1n) is 9.81. The van der Waals surface area contributed by atoms with Gasteiger partial charge in [0.15, 0.2) is 6.61 Å². The van der Waals surface area contributed by atoms with Crippen LogP contribution in [0.25, 0.3) is 0 Å². The predicted molar refractivity (Wildman–Crippen MR) is 107 cm³/mol. The number of anilines is 2. The Balaban J connectivity index is 1.51. The van der Waals surface area contributed by atoms with Gasteiger partial charge < -0.3 is 20.3 Å². The Morgan fingerprint density at radius 2 is 2.10 bits per heavy atom. The zero-order valence-electron chi connectivity index (χ0n) is 16.6. The summed E-state index contributed by atoms with van der Waals surface area (Å²) in [4.78, 5) is 49.9. The van der Waals surface area contributed by atoms with Gasteiger partial charge in [-0.05, 0) is 43.4 Å². The summed E-state index contributed by atoms with van der Waals surface area (Å²) in [5, 5.41) is 7.50. The van der Waals surface area contributed by atoms with Crippen molar-refractivity contribution in [3.63, 3.8) is 0 Å². The molecular formula is C20H26N4O5. The van der Waals surface area contributed by atoms with Gasteiger partial charge in [-0.25, -0.2) is 9.59 Å². The van der Waals surface area contributed by atoms with Crippen molar-refractivity contribution in [1.29, 1.82) is 0 Å². The van der Waals surface area contributed by atoms with Crippen LogP contribution in [0.4, 0.5) is 16.2 Å². The first-order chi connectivity index (χ1) is 13.8. The minimum absolute atomic E-state index is 0.0802. The third-order valence-corrected chi connectivity index (χ3v) is 4.95. The van der Waals surface area contributed by atoms with Crippen LogP contribution < -0.4 is 20.9 Å². The summed E-state index contributed by atoms with van der Waals surface area (Å²) in [7, 11) is 0. The minimum Gasteiger partial charge on any atom is -0.452 e. The number of hydrogen-bond donors (Lipinski definition) is 3. The van der Waals surface area contributed by atoms with E-state index < -0.39 is 24.5 Å². The number of carbonyl (C=O) groups excluding carboxylic acids is 4. The highest BCUT2D eigenvalue weighted by atomic mass is 16.5.